The predicted octanol–water partition coefficient (Wildman–Crippen LogP) is 4.39. The van der Waals surface area contributed by atoms with Gasteiger partial charge in [0.05, 0.1) is 11.8 Å². The van der Waals surface area contributed by atoms with Crippen LogP contribution in [0.15, 0.2) is 77.9 Å². The molecule has 5 nitrogen and oxygen atoms in total. The van der Waals surface area contributed by atoms with Crippen molar-refractivity contribution in [2.75, 3.05) is 0 Å². The molecule has 0 aliphatic heterocycles. The largest absolute Gasteiger partial charge is 0.507 e. The molecular formula is C21H17ClN2O3. The Labute approximate surface area is 161 Å². The van der Waals surface area contributed by atoms with Crippen LogP contribution >= 0.6 is 11.6 Å². The van der Waals surface area contributed by atoms with Crippen LogP contribution in [-0.2, 0) is 6.61 Å². The summed E-state index contributed by atoms with van der Waals surface area (Å²) in [6.07, 6.45) is 1.38. The first kappa shape index (κ1) is 18.5. The minimum Gasteiger partial charge on any atom is -0.507 e. The first-order valence-corrected chi connectivity index (χ1v) is 8.59. The number of aromatic hydroxyl groups is 1. The van der Waals surface area contributed by atoms with E-state index in [1.165, 1.54) is 6.21 Å². The van der Waals surface area contributed by atoms with E-state index in [-0.39, 0.29) is 5.75 Å². The highest BCUT2D eigenvalue weighted by Gasteiger charge is 2.11. The Kier molecular flexibility index (Phi) is 6.07. The zero-order valence-electron chi connectivity index (χ0n) is 14.3. The van der Waals surface area contributed by atoms with Crippen molar-refractivity contribution < 1.29 is 14.6 Å². The number of carbonyl (C=O) groups is 1. The Morgan fingerprint density at radius 1 is 1.04 bits per heavy atom. The summed E-state index contributed by atoms with van der Waals surface area (Å²) in [7, 11) is 0. The second-order valence-electron chi connectivity index (χ2n) is 5.67. The first-order valence-electron chi connectivity index (χ1n) is 8.21. The van der Waals surface area contributed by atoms with Crippen LogP contribution in [0, 0.1) is 0 Å². The molecule has 0 atom stereocenters. The van der Waals surface area contributed by atoms with Crippen LogP contribution in [0.4, 0.5) is 0 Å². The molecule has 0 unspecified atom stereocenters. The number of amides is 1. The molecule has 0 saturated carbocycles. The summed E-state index contributed by atoms with van der Waals surface area (Å²) in [4.78, 5) is 12.4. The molecule has 3 aromatic carbocycles. The second-order valence-corrected chi connectivity index (χ2v) is 6.11. The molecule has 0 fully saturated rings. The van der Waals surface area contributed by atoms with Gasteiger partial charge in [0.25, 0.3) is 5.91 Å². The van der Waals surface area contributed by atoms with Gasteiger partial charge in [0, 0.05) is 10.6 Å². The highest BCUT2D eigenvalue weighted by Crippen LogP contribution is 2.20. The molecule has 0 saturated heterocycles. The molecule has 0 heterocycles. The Morgan fingerprint density at radius 2 is 1.74 bits per heavy atom. The van der Waals surface area contributed by atoms with E-state index < -0.39 is 5.91 Å². The summed E-state index contributed by atoms with van der Waals surface area (Å²) in [5.74, 6) is 0.123. The van der Waals surface area contributed by atoms with Crippen molar-refractivity contribution in [1.82, 2.24) is 5.43 Å². The van der Waals surface area contributed by atoms with Crippen molar-refractivity contribution in [3.63, 3.8) is 0 Å². The number of para-hydroxylation sites is 2. The average Bonchev–Trinajstić information content (AvgIpc) is 2.69. The van der Waals surface area contributed by atoms with Crippen LogP contribution in [0.3, 0.4) is 0 Å². The summed E-state index contributed by atoms with van der Waals surface area (Å²) < 4.78 is 5.77. The molecule has 2 N–H and O–H groups in total. The molecule has 3 rings (SSSR count). The standard InChI is InChI=1S/C21H17ClN2O3/c22-17-11-9-15(10-12-17)14-27-20-8-4-2-6-18(20)21(26)24-23-13-16-5-1-3-7-19(16)25/h1-13,25H,14H2,(H,24,26)/b23-13-. The smallest absolute Gasteiger partial charge is 0.275 e. The summed E-state index contributed by atoms with van der Waals surface area (Å²) in [6, 6.07) is 20.9. The summed E-state index contributed by atoms with van der Waals surface area (Å²) in [5.41, 5.74) is 4.25. The van der Waals surface area contributed by atoms with E-state index in [1.54, 1.807) is 60.7 Å². The van der Waals surface area contributed by atoms with Crippen molar-refractivity contribution >= 4 is 23.7 Å². The highest BCUT2D eigenvalue weighted by molar-refractivity contribution is 6.30. The maximum absolute atomic E-state index is 12.4. The van der Waals surface area contributed by atoms with Gasteiger partial charge in [-0.25, -0.2) is 5.43 Å². The molecule has 1 amide bonds. The molecule has 3 aromatic rings. The van der Waals surface area contributed by atoms with E-state index in [0.717, 1.165) is 5.56 Å². The topological polar surface area (TPSA) is 70.9 Å². The van der Waals surface area contributed by atoms with Crippen molar-refractivity contribution in [2.45, 2.75) is 6.61 Å². The molecule has 0 aromatic heterocycles. The molecule has 0 spiro atoms. The predicted molar refractivity (Wildman–Crippen MR) is 105 cm³/mol. The average molecular weight is 381 g/mol. The van der Waals surface area contributed by atoms with E-state index >= 15 is 0 Å². The van der Waals surface area contributed by atoms with Crippen molar-refractivity contribution in [1.29, 1.82) is 0 Å². The number of halogens is 1. The molecule has 0 aliphatic carbocycles. The summed E-state index contributed by atoms with van der Waals surface area (Å²) >= 11 is 5.88. The quantitative estimate of drug-likeness (QED) is 0.492. The molecule has 6 heteroatoms. The summed E-state index contributed by atoms with van der Waals surface area (Å²) in [6.45, 7) is 0.308. The van der Waals surface area contributed by atoms with E-state index in [9.17, 15) is 9.90 Å². The van der Waals surface area contributed by atoms with Crippen LogP contribution in [0.2, 0.25) is 5.02 Å². The van der Waals surface area contributed by atoms with Crippen LogP contribution in [0.1, 0.15) is 21.5 Å². The Balaban J connectivity index is 1.66. The normalized spacial score (nSPS) is 10.7. The van der Waals surface area contributed by atoms with E-state index in [4.69, 9.17) is 16.3 Å². The van der Waals surface area contributed by atoms with Crippen LogP contribution in [0.5, 0.6) is 11.5 Å². The van der Waals surface area contributed by atoms with Crippen LogP contribution in [0.25, 0.3) is 0 Å². The number of nitrogens with zero attached hydrogens (tertiary/aromatic N) is 1. The molecule has 0 bridgehead atoms. The van der Waals surface area contributed by atoms with Gasteiger partial charge in [0.2, 0.25) is 0 Å². The number of hydrogen-bond acceptors (Lipinski definition) is 4. The number of phenols is 1. The summed E-state index contributed by atoms with van der Waals surface area (Å²) in [5, 5.41) is 14.2. The van der Waals surface area contributed by atoms with Gasteiger partial charge < -0.3 is 9.84 Å². The van der Waals surface area contributed by atoms with Crippen molar-refractivity contribution in [3.05, 3.63) is 94.5 Å². The number of hydrazone groups is 1. The van der Waals surface area contributed by atoms with Crippen molar-refractivity contribution in [2.24, 2.45) is 5.10 Å². The highest BCUT2D eigenvalue weighted by atomic mass is 35.5. The molecule has 0 aliphatic rings. The van der Waals surface area contributed by atoms with Gasteiger partial charge in [-0.1, -0.05) is 48.0 Å². The lowest BCUT2D eigenvalue weighted by atomic mass is 10.2. The second kappa shape index (κ2) is 8.87. The molecule has 0 radical (unpaired) electrons. The van der Waals surface area contributed by atoms with Crippen molar-refractivity contribution in [3.8, 4) is 11.5 Å². The van der Waals surface area contributed by atoms with E-state index in [2.05, 4.69) is 10.5 Å². The Morgan fingerprint density at radius 3 is 2.52 bits per heavy atom. The van der Waals surface area contributed by atoms with Gasteiger partial charge in [-0.3, -0.25) is 4.79 Å². The lowest BCUT2D eigenvalue weighted by Gasteiger charge is -2.10. The molecular weight excluding hydrogens is 364 g/mol. The Hall–Kier alpha value is -3.31. The lowest BCUT2D eigenvalue weighted by molar-refractivity contribution is 0.0950. The maximum Gasteiger partial charge on any atom is 0.275 e. The number of hydrogen-bond donors (Lipinski definition) is 2. The number of benzene rings is 3. The molecule has 136 valence electrons. The Bertz CT molecular complexity index is 956. The van der Waals surface area contributed by atoms with Gasteiger partial charge in [-0.2, -0.15) is 5.10 Å². The lowest BCUT2D eigenvalue weighted by Crippen LogP contribution is -2.18. The van der Waals surface area contributed by atoms with Gasteiger partial charge in [0.1, 0.15) is 18.1 Å². The number of rotatable bonds is 6. The van der Waals surface area contributed by atoms with E-state index in [1.807, 2.05) is 12.1 Å². The number of carbonyl (C=O) groups excluding carboxylic acids is 1. The first-order chi connectivity index (χ1) is 13.1. The molecule has 27 heavy (non-hydrogen) atoms. The van der Waals surface area contributed by atoms with Gasteiger partial charge in [-0.05, 0) is 42.0 Å². The van der Waals surface area contributed by atoms with E-state index in [0.29, 0.717) is 28.5 Å². The van der Waals surface area contributed by atoms with Crippen LogP contribution < -0.4 is 10.2 Å². The zero-order chi connectivity index (χ0) is 19.1. The minimum atomic E-state index is -0.409. The van der Waals surface area contributed by atoms with Gasteiger partial charge >= 0.3 is 0 Å². The fraction of sp³-hybridized carbons (Fsp3) is 0.0476. The maximum atomic E-state index is 12.4. The number of ether oxygens (including phenoxy) is 1. The van der Waals surface area contributed by atoms with Crippen LogP contribution in [-0.4, -0.2) is 17.2 Å². The fourth-order valence-electron chi connectivity index (χ4n) is 2.34. The monoisotopic (exact) mass is 380 g/mol. The minimum absolute atomic E-state index is 0.0854. The third kappa shape index (κ3) is 5.09. The van der Waals surface area contributed by atoms with Gasteiger partial charge in [0.15, 0.2) is 0 Å². The third-order valence-corrected chi connectivity index (χ3v) is 4.00. The van der Waals surface area contributed by atoms with Gasteiger partial charge in [-0.15, -0.1) is 0 Å². The fourth-order valence-corrected chi connectivity index (χ4v) is 2.47. The third-order valence-electron chi connectivity index (χ3n) is 3.75. The number of nitrogens with one attached hydrogen (secondary N) is 1. The zero-order valence-corrected chi connectivity index (χ0v) is 15.1. The number of phenolic OH excluding ortho intramolecular Hbond substituents is 1. The SMILES string of the molecule is O=C(N/N=C\c1ccccc1O)c1ccccc1OCc1ccc(Cl)cc1.